The van der Waals surface area contributed by atoms with Gasteiger partial charge in [0.1, 0.15) is 0 Å². The summed E-state index contributed by atoms with van der Waals surface area (Å²) in [7, 11) is 0. The number of hydrogen-bond acceptors (Lipinski definition) is 4. The van der Waals surface area contributed by atoms with Crippen LogP contribution in [-0.4, -0.2) is 60.5 Å². The zero-order valence-electron chi connectivity index (χ0n) is 18.2. The Morgan fingerprint density at radius 2 is 1.59 bits per heavy atom. The molecular formula is C24H28N4O4. The summed E-state index contributed by atoms with van der Waals surface area (Å²) in [6.45, 7) is 5.90. The molecule has 2 aliphatic heterocycles. The lowest BCUT2D eigenvalue weighted by Crippen LogP contribution is -2.40. The Bertz CT molecular complexity index is 1000. The normalized spacial score (nSPS) is 15.3. The van der Waals surface area contributed by atoms with Gasteiger partial charge in [-0.2, -0.15) is 0 Å². The number of carbonyl (C=O) groups excluding carboxylic acids is 3. The van der Waals surface area contributed by atoms with E-state index in [0.29, 0.717) is 62.8 Å². The van der Waals surface area contributed by atoms with Crippen LogP contribution >= 0.6 is 0 Å². The van der Waals surface area contributed by atoms with Gasteiger partial charge >= 0.3 is 6.03 Å². The Labute approximate surface area is 187 Å². The number of amides is 4. The number of ether oxygens (including phenoxy) is 1. The van der Waals surface area contributed by atoms with E-state index in [4.69, 9.17) is 4.74 Å². The van der Waals surface area contributed by atoms with Gasteiger partial charge in [0.25, 0.3) is 11.8 Å². The summed E-state index contributed by atoms with van der Waals surface area (Å²) in [6.07, 6.45) is 0.876. The zero-order valence-corrected chi connectivity index (χ0v) is 18.2. The van der Waals surface area contributed by atoms with E-state index in [1.54, 1.807) is 34.1 Å². The summed E-state index contributed by atoms with van der Waals surface area (Å²) >= 11 is 0. The molecule has 0 bridgehead atoms. The van der Waals surface area contributed by atoms with E-state index in [1.165, 1.54) is 0 Å². The highest BCUT2D eigenvalue weighted by atomic mass is 16.5. The second-order valence-electron chi connectivity index (χ2n) is 8.01. The van der Waals surface area contributed by atoms with Gasteiger partial charge in [-0.15, -0.1) is 0 Å². The lowest BCUT2D eigenvalue weighted by Gasteiger charge is -2.27. The highest BCUT2D eigenvalue weighted by Gasteiger charge is 2.26. The van der Waals surface area contributed by atoms with E-state index in [2.05, 4.69) is 10.6 Å². The third-order valence-corrected chi connectivity index (χ3v) is 5.70. The number of rotatable bonds is 5. The molecule has 2 aromatic rings. The van der Waals surface area contributed by atoms with Gasteiger partial charge < -0.3 is 25.2 Å². The van der Waals surface area contributed by atoms with Crippen LogP contribution in [0.1, 0.15) is 45.2 Å². The topological polar surface area (TPSA) is 91.0 Å². The van der Waals surface area contributed by atoms with Crippen molar-refractivity contribution in [3.63, 3.8) is 0 Å². The zero-order chi connectivity index (χ0) is 22.5. The van der Waals surface area contributed by atoms with Crippen molar-refractivity contribution in [3.8, 4) is 0 Å². The Hall–Kier alpha value is -3.39. The highest BCUT2D eigenvalue weighted by molar-refractivity contribution is 5.96. The molecule has 8 heteroatoms. The van der Waals surface area contributed by atoms with E-state index in [-0.39, 0.29) is 17.8 Å². The second kappa shape index (κ2) is 9.82. The largest absolute Gasteiger partial charge is 0.378 e. The lowest BCUT2D eigenvalue weighted by atomic mass is 10.1. The maximum absolute atomic E-state index is 12.8. The lowest BCUT2D eigenvalue weighted by molar-refractivity contribution is 0.0303. The van der Waals surface area contributed by atoms with E-state index < -0.39 is 0 Å². The van der Waals surface area contributed by atoms with Crippen molar-refractivity contribution in [2.24, 2.45) is 0 Å². The fourth-order valence-corrected chi connectivity index (χ4v) is 3.87. The molecular weight excluding hydrogens is 408 g/mol. The van der Waals surface area contributed by atoms with Crippen LogP contribution in [0.4, 0.5) is 10.5 Å². The number of morpholine rings is 1. The number of carbonyl (C=O) groups is 3. The molecule has 168 valence electrons. The molecule has 0 spiro atoms. The van der Waals surface area contributed by atoms with Crippen molar-refractivity contribution in [2.45, 2.75) is 26.4 Å². The minimum absolute atomic E-state index is 0.00191. The highest BCUT2D eigenvalue weighted by Crippen LogP contribution is 2.25. The number of nitrogens with one attached hydrogen (secondary N) is 2. The SMILES string of the molecule is CCCNC(=O)c1ccc(NC(=O)N2Cc3ccc(C(=O)N4CCOCC4)cc3C2)cc1. The maximum Gasteiger partial charge on any atom is 0.322 e. The average molecular weight is 437 g/mol. The summed E-state index contributed by atoms with van der Waals surface area (Å²) in [5, 5.41) is 5.71. The van der Waals surface area contributed by atoms with Gasteiger partial charge in [0.05, 0.1) is 13.2 Å². The van der Waals surface area contributed by atoms with Crippen LogP contribution in [0.2, 0.25) is 0 Å². The molecule has 1 saturated heterocycles. The van der Waals surface area contributed by atoms with Crippen LogP contribution < -0.4 is 10.6 Å². The smallest absolute Gasteiger partial charge is 0.322 e. The van der Waals surface area contributed by atoms with Crippen molar-refractivity contribution >= 4 is 23.5 Å². The number of urea groups is 1. The van der Waals surface area contributed by atoms with E-state index in [1.807, 2.05) is 25.1 Å². The van der Waals surface area contributed by atoms with Crippen LogP contribution in [0.15, 0.2) is 42.5 Å². The van der Waals surface area contributed by atoms with E-state index in [9.17, 15) is 14.4 Å². The molecule has 0 radical (unpaired) electrons. The first kappa shape index (κ1) is 21.8. The van der Waals surface area contributed by atoms with Gasteiger partial charge in [-0.05, 0) is 53.9 Å². The van der Waals surface area contributed by atoms with Crippen molar-refractivity contribution in [1.29, 1.82) is 0 Å². The van der Waals surface area contributed by atoms with E-state index in [0.717, 1.165) is 17.5 Å². The van der Waals surface area contributed by atoms with Crippen molar-refractivity contribution in [3.05, 3.63) is 64.7 Å². The van der Waals surface area contributed by atoms with Crippen molar-refractivity contribution < 1.29 is 19.1 Å². The van der Waals surface area contributed by atoms with Gasteiger partial charge in [0.15, 0.2) is 0 Å². The van der Waals surface area contributed by atoms with Crippen molar-refractivity contribution in [1.82, 2.24) is 15.1 Å². The third-order valence-electron chi connectivity index (χ3n) is 5.70. The van der Waals surface area contributed by atoms with Crippen molar-refractivity contribution in [2.75, 3.05) is 38.2 Å². The average Bonchev–Trinajstić information content (AvgIpc) is 3.27. The molecule has 2 heterocycles. The standard InChI is InChI=1S/C24H28N4O4/c1-2-9-25-22(29)17-5-7-21(8-6-17)26-24(31)28-15-19-4-3-18(14-20(19)16-28)23(30)27-10-12-32-13-11-27/h3-8,14H,2,9-13,15-16H2,1H3,(H,25,29)(H,26,31). The Balaban J connectivity index is 1.35. The third kappa shape index (κ3) is 4.91. The molecule has 2 N–H and O–H groups in total. The number of fused-ring (bicyclic) bond motifs is 1. The predicted molar refractivity (Wildman–Crippen MR) is 120 cm³/mol. The van der Waals surface area contributed by atoms with Crippen LogP contribution in [0.25, 0.3) is 0 Å². The summed E-state index contributed by atoms with van der Waals surface area (Å²) in [5.74, 6) is -0.121. The number of nitrogens with zero attached hydrogens (tertiary/aromatic N) is 2. The minimum Gasteiger partial charge on any atom is -0.378 e. The second-order valence-corrected chi connectivity index (χ2v) is 8.01. The molecule has 2 aliphatic rings. The first-order valence-electron chi connectivity index (χ1n) is 11.0. The molecule has 0 unspecified atom stereocenters. The number of anilines is 1. The number of hydrogen-bond donors (Lipinski definition) is 2. The van der Waals surface area contributed by atoms with Crippen LogP contribution in [0, 0.1) is 0 Å². The summed E-state index contributed by atoms with van der Waals surface area (Å²) in [4.78, 5) is 41.0. The summed E-state index contributed by atoms with van der Waals surface area (Å²) in [5.41, 5.74) is 3.86. The number of benzene rings is 2. The molecule has 4 rings (SSSR count). The van der Waals surface area contributed by atoms with Gasteiger partial charge in [-0.25, -0.2) is 4.79 Å². The summed E-state index contributed by atoms with van der Waals surface area (Å²) < 4.78 is 5.32. The Kier molecular flexibility index (Phi) is 6.70. The van der Waals surface area contributed by atoms with E-state index >= 15 is 0 Å². The van der Waals surface area contributed by atoms with Crippen LogP contribution in [0.5, 0.6) is 0 Å². The fraction of sp³-hybridized carbons (Fsp3) is 0.375. The van der Waals surface area contributed by atoms with Crippen LogP contribution in [-0.2, 0) is 17.8 Å². The van der Waals surface area contributed by atoms with Gasteiger partial charge in [-0.3, -0.25) is 9.59 Å². The first-order valence-corrected chi connectivity index (χ1v) is 11.0. The first-order chi connectivity index (χ1) is 15.5. The van der Waals surface area contributed by atoms with Gasteiger partial charge in [-0.1, -0.05) is 13.0 Å². The molecule has 1 fully saturated rings. The molecule has 0 atom stereocenters. The fourth-order valence-electron chi connectivity index (χ4n) is 3.87. The molecule has 32 heavy (non-hydrogen) atoms. The maximum atomic E-state index is 12.8. The molecule has 8 nitrogen and oxygen atoms in total. The van der Waals surface area contributed by atoms with Gasteiger partial charge in [0.2, 0.25) is 0 Å². The minimum atomic E-state index is -0.217. The molecule has 4 amide bonds. The monoisotopic (exact) mass is 436 g/mol. The summed E-state index contributed by atoms with van der Waals surface area (Å²) in [6, 6.07) is 12.3. The molecule has 2 aromatic carbocycles. The van der Waals surface area contributed by atoms with Crippen LogP contribution in [0.3, 0.4) is 0 Å². The quantitative estimate of drug-likeness (QED) is 0.754. The molecule has 0 aromatic heterocycles. The Morgan fingerprint density at radius 1 is 0.906 bits per heavy atom. The molecule has 0 saturated carbocycles. The molecule has 0 aliphatic carbocycles. The van der Waals surface area contributed by atoms with Gasteiger partial charge in [0, 0.05) is 49.5 Å². The predicted octanol–water partition coefficient (Wildman–Crippen LogP) is 2.85. The Morgan fingerprint density at radius 3 is 2.31 bits per heavy atom.